The molecule has 1 aliphatic heterocycles. The van der Waals surface area contributed by atoms with Gasteiger partial charge in [0.25, 0.3) is 0 Å². The summed E-state index contributed by atoms with van der Waals surface area (Å²) in [5.41, 5.74) is 8.49. The highest BCUT2D eigenvalue weighted by Crippen LogP contribution is 2.18. The molecule has 2 aromatic rings. The van der Waals surface area contributed by atoms with Gasteiger partial charge in [-0.1, -0.05) is 6.07 Å². The SMILES string of the molecule is Cn1ncc2cc(CN3CCC(N)CC3)ccc21. The van der Waals surface area contributed by atoms with Crippen molar-refractivity contribution in [3.05, 3.63) is 30.0 Å². The molecular formula is C14H20N4. The van der Waals surface area contributed by atoms with E-state index < -0.39 is 0 Å². The molecule has 2 N–H and O–H groups in total. The Labute approximate surface area is 107 Å². The van der Waals surface area contributed by atoms with Gasteiger partial charge in [0.05, 0.1) is 11.7 Å². The number of aromatic nitrogens is 2. The maximum atomic E-state index is 5.93. The largest absolute Gasteiger partial charge is 0.328 e. The minimum atomic E-state index is 0.405. The fourth-order valence-electron chi connectivity index (χ4n) is 2.68. The first-order valence-electron chi connectivity index (χ1n) is 6.61. The summed E-state index contributed by atoms with van der Waals surface area (Å²) in [5.74, 6) is 0. The summed E-state index contributed by atoms with van der Waals surface area (Å²) in [5, 5.41) is 5.51. The third-order valence-electron chi connectivity index (χ3n) is 3.85. The van der Waals surface area contributed by atoms with Crippen LogP contribution < -0.4 is 5.73 Å². The number of piperidine rings is 1. The van der Waals surface area contributed by atoms with Crippen molar-refractivity contribution < 1.29 is 0 Å². The van der Waals surface area contributed by atoms with Gasteiger partial charge in [-0.15, -0.1) is 0 Å². The average molecular weight is 244 g/mol. The number of aryl methyl sites for hydroxylation is 1. The Kier molecular flexibility index (Phi) is 3.06. The van der Waals surface area contributed by atoms with Gasteiger partial charge < -0.3 is 5.73 Å². The molecule has 2 heterocycles. The lowest BCUT2D eigenvalue weighted by Crippen LogP contribution is -2.39. The number of likely N-dealkylation sites (tertiary alicyclic amines) is 1. The third kappa shape index (κ3) is 2.26. The van der Waals surface area contributed by atoms with E-state index in [9.17, 15) is 0 Å². The Morgan fingerprint density at radius 2 is 2.11 bits per heavy atom. The van der Waals surface area contributed by atoms with E-state index in [1.165, 1.54) is 16.5 Å². The zero-order valence-electron chi connectivity index (χ0n) is 10.8. The molecule has 1 aromatic heterocycles. The highest BCUT2D eigenvalue weighted by molar-refractivity contribution is 5.79. The van der Waals surface area contributed by atoms with Crippen LogP contribution in [-0.4, -0.2) is 33.8 Å². The van der Waals surface area contributed by atoms with Crippen LogP contribution in [0, 0.1) is 0 Å². The van der Waals surface area contributed by atoms with Crippen LogP contribution in [0.5, 0.6) is 0 Å². The van der Waals surface area contributed by atoms with Crippen LogP contribution in [0.4, 0.5) is 0 Å². The topological polar surface area (TPSA) is 47.1 Å². The molecule has 96 valence electrons. The predicted octanol–water partition coefficient (Wildman–Crippen LogP) is 1.50. The number of benzene rings is 1. The van der Waals surface area contributed by atoms with Crippen molar-refractivity contribution in [1.82, 2.24) is 14.7 Å². The van der Waals surface area contributed by atoms with E-state index in [0.29, 0.717) is 6.04 Å². The van der Waals surface area contributed by atoms with E-state index in [2.05, 4.69) is 28.2 Å². The zero-order valence-corrected chi connectivity index (χ0v) is 10.8. The summed E-state index contributed by atoms with van der Waals surface area (Å²) in [7, 11) is 1.98. The van der Waals surface area contributed by atoms with E-state index in [1.54, 1.807) is 0 Å². The lowest BCUT2D eigenvalue weighted by molar-refractivity contribution is 0.206. The quantitative estimate of drug-likeness (QED) is 0.871. The maximum absolute atomic E-state index is 5.93. The highest BCUT2D eigenvalue weighted by atomic mass is 15.2. The molecule has 0 radical (unpaired) electrons. The lowest BCUT2D eigenvalue weighted by atomic mass is 10.0. The molecule has 1 saturated heterocycles. The van der Waals surface area contributed by atoms with Crippen LogP contribution >= 0.6 is 0 Å². The van der Waals surface area contributed by atoms with Crippen molar-refractivity contribution in [2.24, 2.45) is 12.8 Å². The highest BCUT2D eigenvalue weighted by Gasteiger charge is 2.16. The summed E-state index contributed by atoms with van der Waals surface area (Å²) in [4.78, 5) is 2.49. The van der Waals surface area contributed by atoms with Crippen LogP contribution in [0.25, 0.3) is 10.9 Å². The van der Waals surface area contributed by atoms with Crippen molar-refractivity contribution in [1.29, 1.82) is 0 Å². The molecule has 0 amide bonds. The van der Waals surface area contributed by atoms with Crippen LogP contribution in [0.15, 0.2) is 24.4 Å². The lowest BCUT2D eigenvalue weighted by Gasteiger charge is -2.30. The minimum absolute atomic E-state index is 0.405. The minimum Gasteiger partial charge on any atom is -0.328 e. The fraction of sp³-hybridized carbons (Fsp3) is 0.500. The first-order valence-corrected chi connectivity index (χ1v) is 6.61. The number of hydrogen-bond donors (Lipinski definition) is 1. The summed E-state index contributed by atoms with van der Waals surface area (Å²) in [6.07, 6.45) is 4.18. The van der Waals surface area contributed by atoms with Crippen LogP contribution in [0.3, 0.4) is 0 Å². The molecule has 0 atom stereocenters. The van der Waals surface area contributed by atoms with Gasteiger partial charge in [0.1, 0.15) is 0 Å². The van der Waals surface area contributed by atoms with Gasteiger partial charge in [-0.3, -0.25) is 9.58 Å². The average Bonchev–Trinajstić information content (AvgIpc) is 2.74. The van der Waals surface area contributed by atoms with E-state index >= 15 is 0 Å². The number of hydrogen-bond acceptors (Lipinski definition) is 3. The number of nitrogens with zero attached hydrogens (tertiary/aromatic N) is 3. The Balaban J connectivity index is 1.74. The first kappa shape index (κ1) is 11.7. The second kappa shape index (κ2) is 4.71. The van der Waals surface area contributed by atoms with Crippen LogP contribution in [-0.2, 0) is 13.6 Å². The second-order valence-electron chi connectivity index (χ2n) is 5.27. The van der Waals surface area contributed by atoms with Gasteiger partial charge in [-0.05, 0) is 43.6 Å². The van der Waals surface area contributed by atoms with Crippen LogP contribution in [0.1, 0.15) is 18.4 Å². The van der Waals surface area contributed by atoms with E-state index in [4.69, 9.17) is 5.73 Å². The molecule has 1 aliphatic rings. The summed E-state index contributed by atoms with van der Waals surface area (Å²) < 4.78 is 1.92. The standard InChI is InChI=1S/C14H20N4/c1-17-14-3-2-11(8-12(14)9-16-17)10-18-6-4-13(15)5-7-18/h2-3,8-9,13H,4-7,10,15H2,1H3. The summed E-state index contributed by atoms with van der Waals surface area (Å²) in [6.45, 7) is 3.26. The van der Waals surface area contributed by atoms with Gasteiger partial charge in [-0.25, -0.2) is 0 Å². The van der Waals surface area contributed by atoms with Gasteiger partial charge in [-0.2, -0.15) is 5.10 Å². The molecular weight excluding hydrogens is 224 g/mol. The third-order valence-corrected chi connectivity index (χ3v) is 3.85. The van der Waals surface area contributed by atoms with Crippen molar-refractivity contribution in [3.63, 3.8) is 0 Å². The van der Waals surface area contributed by atoms with Crippen LogP contribution in [0.2, 0.25) is 0 Å². The number of fused-ring (bicyclic) bond motifs is 1. The molecule has 1 aromatic carbocycles. The molecule has 4 heteroatoms. The molecule has 18 heavy (non-hydrogen) atoms. The Morgan fingerprint density at radius 1 is 1.33 bits per heavy atom. The van der Waals surface area contributed by atoms with Crippen molar-refractivity contribution >= 4 is 10.9 Å². The van der Waals surface area contributed by atoms with Gasteiger partial charge in [0.15, 0.2) is 0 Å². The predicted molar refractivity (Wildman–Crippen MR) is 73.2 cm³/mol. The molecule has 1 fully saturated rings. The fourth-order valence-corrected chi connectivity index (χ4v) is 2.68. The van der Waals surface area contributed by atoms with E-state index in [1.807, 2.05) is 17.9 Å². The van der Waals surface area contributed by atoms with E-state index in [-0.39, 0.29) is 0 Å². The summed E-state index contributed by atoms with van der Waals surface area (Å²) in [6, 6.07) is 7.02. The van der Waals surface area contributed by atoms with E-state index in [0.717, 1.165) is 32.5 Å². The number of rotatable bonds is 2. The Bertz CT molecular complexity index is 538. The molecule has 0 spiro atoms. The normalized spacial score (nSPS) is 18.6. The summed E-state index contributed by atoms with van der Waals surface area (Å²) >= 11 is 0. The zero-order chi connectivity index (χ0) is 12.5. The molecule has 0 unspecified atom stereocenters. The van der Waals surface area contributed by atoms with Crippen molar-refractivity contribution in [2.75, 3.05) is 13.1 Å². The molecule has 0 aliphatic carbocycles. The Morgan fingerprint density at radius 3 is 2.89 bits per heavy atom. The maximum Gasteiger partial charge on any atom is 0.0679 e. The van der Waals surface area contributed by atoms with Crippen molar-refractivity contribution in [2.45, 2.75) is 25.4 Å². The molecule has 0 bridgehead atoms. The first-order chi connectivity index (χ1) is 8.72. The monoisotopic (exact) mass is 244 g/mol. The smallest absolute Gasteiger partial charge is 0.0679 e. The second-order valence-corrected chi connectivity index (χ2v) is 5.27. The molecule has 3 rings (SSSR count). The number of nitrogens with two attached hydrogens (primary N) is 1. The molecule has 0 saturated carbocycles. The van der Waals surface area contributed by atoms with Crippen molar-refractivity contribution in [3.8, 4) is 0 Å². The molecule has 4 nitrogen and oxygen atoms in total. The van der Waals surface area contributed by atoms with Gasteiger partial charge >= 0.3 is 0 Å². The Hall–Kier alpha value is -1.39. The van der Waals surface area contributed by atoms with Gasteiger partial charge in [0.2, 0.25) is 0 Å². The van der Waals surface area contributed by atoms with Gasteiger partial charge in [0, 0.05) is 25.0 Å².